The second-order valence-electron chi connectivity index (χ2n) is 5.47. The number of benzene rings is 1. The molecule has 1 aliphatic rings. The van der Waals surface area contributed by atoms with Gasteiger partial charge in [-0.2, -0.15) is 0 Å². The number of phenolic OH excluding ortho intramolecular Hbond substituents is 1. The van der Waals surface area contributed by atoms with E-state index in [0.29, 0.717) is 31.7 Å². The highest BCUT2D eigenvalue weighted by Gasteiger charge is 2.28. The van der Waals surface area contributed by atoms with Gasteiger partial charge < -0.3 is 10.2 Å². The first-order valence-corrected chi connectivity index (χ1v) is 7.09. The topological polar surface area (TPSA) is 64.0 Å². The number of carbonyl (C=O) groups is 1. The molecule has 2 N–H and O–H groups in total. The Labute approximate surface area is 123 Å². The van der Waals surface area contributed by atoms with Gasteiger partial charge in [-0.3, -0.25) is 14.6 Å². The number of aromatic hydroxyl groups is 1. The summed E-state index contributed by atoms with van der Waals surface area (Å²) in [5, 5.41) is 18.3. The molecule has 0 bridgehead atoms. The summed E-state index contributed by atoms with van der Waals surface area (Å²) in [7, 11) is 0. The maximum absolute atomic E-state index is 13.9. The summed E-state index contributed by atoms with van der Waals surface area (Å²) in [5.41, 5.74) is 0.549. The first-order valence-electron chi connectivity index (χ1n) is 7.09. The molecule has 1 aromatic carbocycles. The van der Waals surface area contributed by atoms with Crippen LogP contribution >= 0.6 is 0 Å². The Balaban J connectivity index is 2.00. The number of rotatable bonds is 4. The average Bonchev–Trinajstić information content (AvgIpc) is 2.46. The number of aliphatic carboxylic acids is 1. The monoisotopic (exact) mass is 296 g/mol. The molecule has 6 heteroatoms. The van der Waals surface area contributed by atoms with E-state index in [0.717, 1.165) is 6.07 Å². The Kier molecular flexibility index (Phi) is 4.80. The van der Waals surface area contributed by atoms with E-state index >= 15 is 0 Å². The predicted molar refractivity (Wildman–Crippen MR) is 76.7 cm³/mol. The molecule has 2 rings (SSSR count). The lowest BCUT2D eigenvalue weighted by Crippen LogP contribution is -2.52. The first kappa shape index (κ1) is 15.7. The van der Waals surface area contributed by atoms with E-state index in [1.165, 1.54) is 6.07 Å². The van der Waals surface area contributed by atoms with Crippen LogP contribution in [0.5, 0.6) is 5.75 Å². The van der Waals surface area contributed by atoms with E-state index < -0.39 is 17.8 Å². The second-order valence-corrected chi connectivity index (χ2v) is 5.47. The molecule has 0 saturated carbocycles. The largest absolute Gasteiger partial charge is 0.508 e. The predicted octanol–water partition coefficient (Wildman–Crippen LogP) is 1.68. The highest BCUT2D eigenvalue weighted by Crippen LogP contribution is 2.26. The van der Waals surface area contributed by atoms with Crippen molar-refractivity contribution in [1.29, 1.82) is 0 Å². The van der Waals surface area contributed by atoms with Crippen molar-refractivity contribution in [2.75, 3.05) is 26.2 Å². The number of piperazine rings is 1. The Morgan fingerprint density at radius 1 is 1.19 bits per heavy atom. The molecule has 21 heavy (non-hydrogen) atoms. The summed E-state index contributed by atoms with van der Waals surface area (Å²) in [4.78, 5) is 15.0. The van der Waals surface area contributed by atoms with Crippen molar-refractivity contribution in [2.45, 2.75) is 25.9 Å². The highest BCUT2D eigenvalue weighted by molar-refractivity contribution is 5.72. The lowest BCUT2D eigenvalue weighted by molar-refractivity contribution is -0.143. The van der Waals surface area contributed by atoms with E-state index in [2.05, 4.69) is 4.90 Å². The molecule has 0 amide bonds. The molecule has 5 nitrogen and oxygen atoms in total. The number of phenols is 1. The van der Waals surface area contributed by atoms with Gasteiger partial charge in [-0.15, -0.1) is 0 Å². The van der Waals surface area contributed by atoms with Crippen LogP contribution in [-0.4, -0.2) is 58.2 Å². The van der Waals surface area contributed by atoms with Gasteiger partial charge in [0.1, 0.15) is 17.6 Å². The first-order chi connectivity index (χ1) is 9.90. The Morgan fingerprint density at radius 3 is 2.29 bits per heavy atom. The minimum Gasteiger partial charge on any atom is -0.508 e. The molecule has 1 saturated heterocycles. The normalized spacial score (nSPS) is 20.1. The van der Waals surface area contributed by atoms with E-state index in [9.17, 15) is 14.3 Å². The zero-order chi connectivity index (χ0) is 15.6. The van der Waals surface area contributed by atoms with Gasteiger partial charge in [0.2, 0.25) is 0 Å². The maximum Gasteiger partial charge on any atom is 0.320 e. The number of halogens is 1. The molecule has 0 aliphatic carbocycles. The lowest BCUT2D eigenvalue weighted by atomic mass is 10.0. The van der Waals surface area contributed by atoms with Crippen LogP contribution in [0.4, 0.5) is 4.39 Å². The SMILES string of the molecule is CC(C(=O)O)N1CCN(C(C)c2ccc(O)cc2F)CC1. The zero-order valence-corrected chi connectivity index (χ0v) is 12.3. The summed E-state index contributed by atoms with van der Waals surface area (Å²) < 4.78 is 13.9. The van der Waals surface area contributed by atoms with Gasteiger partial charge in [0.15, 0.2) is 0 Å². The third kappa shape index (κ3) is 3.51. The van der Waals surface area contributed by atoms with Gasteiger partial charge in [-0.05, 0) is 19.9 Å². The number of hydrogen-bond acceptors (Lipinski definition) is 4. The molecule has 2 unspecified atom stereocenters. The minimum absolute atomic E-state index is 0.0800. The molecule has 1 aromatic rings. The van der Waals surface area contributed by atoms with Gasteiger partial charge >= 0.3 is 5.97 Å². The molecule has 116 valence electrons. The molecule has 2 atom stereocenters. The van der Waals surface area contributed by atoms with Crippen molar-refractivity contribution in [3.63, 3.8) is 0 Å². The molecular weight excluding hydrogens is 275 g/mol. The second kappa shape index (κ2) is 6.41. The maximum atomic E-state index is 13.9. The van der Waals surface area contributed by atoms with Crippen LogP contribution in [-0.2, 0) is 4.79 Å². The molecule has 0 aromatic heterocycles. The smallest absolute Gasteiger partial charge is 0.320 e. The standard InChI is InChI=1S/C15H21FN2O3/c1-10(13-4-3-12(19)9-14(13)16)17-5-7-18(8-6-17)11(2)15(20)21/h3-4,9-11,19H,5-8H2,1-2H3,(H,20,21). The number of carboxylic acids is 1. The van der Waals surface area contributed by atoms with Gasteiger partial charge in [-0.1, -0.05) is 6.07 Å². The highest BCUT2D eigenvalue weighted by atomic mass is 19.1. The van der Waals surface area contributed by atoms with E-state index in [4.69, 9.17) is 5.11 Å². The molecule has 1 fully saturated rings. The van der Waals surface area contributed by atoms with Gasteiger partial charge in [0.25, 0.3) is 0 Å². The van der Waals surface area contributed by atoms with Crippen molar-refractivity contribution in [1.82, 2.24) is 9.80 Å². The van der Waals surface area contributed by atoms with E-state index in [1.54, 1.807) is 13.0 Å². The van der Waals surface area contributed by atoms with Crippen LogP contribution in [0.1, 0.15) is 25.5 Å². The third-order valence-electron chi connectivity index (χ3n) is 4.24. The van der Waals surface area contributed by atoms with E-state index in [1.807, 2.05) is 11.8 Å². The summed E-state index contributed by atoms with van der Waals surface area (Å²) in [6.45, 7) is 6.29. The molecule has 1 aliphatic heterocycles. The van der Waals surface area contributed by atoms with Crippen molar-refractivity contribution in [2.24, 2.45) is 0 Å². The summed E-state index contributed by atoms with van der Waals surface area (Å²) in [6, 6.07) is 3.61. The Morgan fingerprint density at radius 2 is 1.76 bits per heavy atom. The van der Waals surface area contributed by atoms with E-state index in [-0.39, 0.29) is 11.8 Å². The van der Waals surface area contributed by atoms with Crippen LogP contribution in [0.15, 0.2) is 18.2 Å². The van der Waals surface area contributed by atoms with Gasteiger partial charge in [0.05, 0.1) is 0 Å². The van der Waals surface area contributed by atoms with Gasteiger partial charge in [0, 0.05) is 43.9 Å². The van der Waals surface area contributed by atoms with Crippen LogP contribution in [0.3, 0.4) is 0 Å². The summed E-state index contributed by atoms with van der Waals surface area (Å²) in [6.07, 6.45) is 0. The number of carboxylic acid groups (broad SMARTS) is 1. The Hall–Kier alpha value is -1.66. The van der Waals surface area contributed by atoms with Crippen LogP contribution < -0.4 is 0 Å². The number of nitrogens with zero attached hydrogens (tertiary/aromatic N) is 2. The minimum atomic E-state index is -0.818. The van der Waals surface area contributed by atoms with Crippen molar-refractivity contribution in [3.8, 4) is 5.75 Å². The zero-order valence-electron chi connectivity index (χ0n) is 12.3. The van der Waals surface area contributed by atoms with Crippen molar-refractivity contribution >= 4 is 5.97 Å². The number of hydrogen-bond donors (Lipinski definition) is 2. The Bertz CT molecular complexity index is 516. The van der Waals surface area contributed by atoms with Crippen molar-refractivity contribution in [3.05, 3.63) is 29.6 Å². The fourth-order valence-corrected chi connectivity index (χ4v) is 2.72. The average molecular weight is 296 g/mol. The van der Waals surface area contributed by atoms with Crippen molar-refractivity contribution < 1.29 is 19.4 Å². The molecule has 0 radical (unpaired) electrons. The fraction of sp³-hybridized carbons (Fsp3) is 0.533. The van der Waals surface area contributed by atoms with Crippen LogP contribution in [0.25, 0.3) is 0 Å². The fourth-order valence-electron chi connectivity index (χ4n) is 2.72. The van der Waals surface area contributed by atoms with Crippen LogP contribution in [0.2, 0.25) is 0 Å². The van der Waals surface area contributed by atoms with Crippen LogP contribution in [0, 0.1) is 5.82 Å². The third-order valence-corrected chi connectivity index (χ3v) is 4.24. The lowest BCUT2D eigenvalue weighted by Gasteiger charge is -2.39. The molecular formula is C15H21FN2O3. The summed E-state index contributed by atoms with van der Waals surface area (Å²) >= 11 is 0. The molecule has 0 spiro atoms. The quantitative estimate of drug-likeness (QED) is 0.885. The van der Waals surface area contributed by atoms with Gasteiger partial charge in [-0.25, -0.2) is 4.39 Å². The molecule has 1 heterocycles. The summed E-state index contributed by atoms with van der Waals surface area (Å²) in [5.74, 6) is -1.31.